The highest BCUT2D eigenvalue weighted by Crippen LogP contribution is 2.16. The first kappa shape index (κ1) is 16.1. The van der Waals surface area contributed by atoms with Gasteiger partial charge in [0.2, 0.25) is 10.0 Å². The number of aromatic nitrogens is 1. The third-order valence-electron chi connectivity index (χ3n) is 2.71. The van der Waals surface area contributed by atoms with Crippen LogP contribution in [0.15, 0.2) is 23.2 Å². The van der Waals surface area contributed by atoms with Gasteiger partial charge in [-0.3, -0.25) is 4.79 Å². The first-order valence-corrected chi connectivity index (χ1v) is 6.91. The summed E-state index contributed by atoms with van der Waals surface area (Å²) in [6, 6.07) is 1.14. The predicted octanol–water partition coefficient (Wildman–Crippen LogP) is -0.0382. The van der Waals surface area contributed by atoms with Gasteiger partial charge >= 0.3 is 11.9 Å². The minimum absolute atomic E-state index is 0.0413. The molecule has 1 aromatic heterocycles. The van der Waals surface area contributed by atoms with E-state index in [4.69, 9.17) is 5.11 Å². The lowest BCUT2D eigenvalue weighted by atomic mass is 10.3. The van der Waals surface area contributed by atoms with Gasteiger partial charge in [-0.15, -0.1) is 0 Å². The maximum Gasteiger partial charge on any atom is 0.356 e. The first-order valence-electron chi connectivity index (χ1n) is 5.47. The molecule has 0 saturated heterocycles. The molecule has 0 fully saturated rings. The van der Waals surface area contributed by atoms with E-state index in [1.165, 1.54) is 26.2 Å². The average Bonchev–Trinajstić information content (AvgIpc) is 2.44. The van der Waals surface area contributed by atoms with E-state index >= 15 is 0 Å². The van der Waals surface area contributed by atoms with Gasteiger partial charge in [0.15, 0.2) is 0 Å². The van der Waals surface area contributed by atoms with Crippen molar-refractivity contribution in [3.05, 3.63) is 24.0 Å². The number of hydrogen-bond acceptors (Lipinski definition) is 6. The van der Waals surface area contributed by atoms with Crippen molar-refractivity contribution in [3.63, 3.8) is 0 Å². The number of likely N-dealkylation sites (N-methyl/N-ethyl adjacent to an activating group) is 1. The Hall–Kier alpha value is -2.00. The molecule has 1 N–H and O–H groups in total. The van der Waals surface area contributed by atoms with E-state index in [0.717, 1.165) is 13.2 Å². The molecule has 1 atom stereocenters. The second-order valence-electron chi connectivity index (χ2n) is 3.91. The second-order valence-corrected chi connectivity index (χ2v) is 5.90. The molecule has 0 radical (unpaired) electrons. The summed E-state index contributed by atoms with van der Waals surface area (Å²) in [7, 11) is -1.66. The zero-order valence-electron chi connectivity index (χ0n) is 11.1. The van der Waals surface area contributed by atoms with Crippen LogP contribution in [-0.4, -0.2) is 55.0 Å². The maximum absolute atomic E-state index is 12.1. The molecule has 1 unspecified atom stereocenters. The van der Waals surface area contributed by atoms with Crippen molar-refractivity contribution in [1.82, 2.24) is 9.29 Å². The number of hydrogen-bond donors (Lipinski definition) is 1. The van der Waals surface area contributed by atoms with E-state index < -0.39 is 28.0 Å². The molecule has 1 rings (SSSR count). The van der Waals surface area contributed by atoms with Gasteiger partial charge in [0.25, 0.3) is 0 Å². The second kappa shape index (κ2) is 5.97. The topological polar surface area (TPSA) is 114 Å². The third kappa shape index (κ3) is 3.11. The number of nitrogens with zero attached hydrogens (tertiary/aromatic N) is 2. The van der Waals surface area contributed by atoms with Gasteiger partial charge in [-0.1, -0.05) is 0 Å². The molecular weight excluding hydrogens is 288 g/mol. The van der Waals surface area contributed by atoms with E-state index in [1.807, 2.05) is 0 Å². The number of carboxylic acid groups (broad SMARTS) is 1. The molecule has 110 valence electrons. The number of aliphatic carboxylic acids is 1. The Bertz CT molecular complexity index is 610. The number of esters is 1. The summed E-state index contributed by atoms with van der Waals surface area (Å²) in [5.41, 5.74) is -0.0413. The normalized spacial score (nSPS) is 13.0. The summed E-state index contributed by atoms with van der Waals surface area (Å²) < 4.78 is 29.4. The number of carbonyl (C=O) groups excluding carboxylic acids is 1. The number of sulfonamides is 1. The Morgan fingerprint density at radius 1 is 1.40 bits per heavy atom. The van der Waals surface area contributed by atoms with Crippen LogP contribution in [0.4, 0.5) is 0 Å². The largest absolute Gasteiger partial charge is 0.480 e. The van der Waals surface area contributed by atoms with Crippen LogP contribution in [0.2, 0.25) is 0 Å². The molecule has 0 aliphatic heterocycles. The number of carboxylic acids is 1. The minimum atomic E-state index is -3.99. The van der Waals surface area contributed by atoms with Crippen LogP contribution in [-0.2, 0) is 19.6 Å². The van der Waals surface area contributed by atoms with Crippen LogP contribution in [0, 0.1) is 0 Å². The molecular formula is C11H14N2O6S. The Morgan fingerprint density at radius 3 is 2.40 bits per heavy atom. The van der Waals surface area contributed by atoms with E-state index in [2.05, 4.69) is 9.72 Å². The van der Waals surface area contributed by atoms with E-state index in [-0.39, 0.29) is 10.6 Å². The summed E-state index contributed by atoms with van der Waals surface area (Å²) in [4.78, 5) is 25.5. The number of methoxy groups -OCH3 is 1. The molecule has 0 aliphatic carbocycles. The summed E-state index contributed by atoms with van der Waals surface area (Å²) in [5.74, 6) is -1.96. The lowest BCUT2D eigenvalue weighted by molar-refractivity contribution is -0.140. The Balaban J connectivity index is 3.10. The average molecular weight is 302 g/mol. The Morgan fingerprint density at radius 2 is 2.00 bits per heavy atom. The number of ether oxygens (including phenoxy) is 1. The summed E-state index contributed by atoms with van der Waals surface area (Å²) >= 11 is 0. The van der Waals surface area contributed by atoms with Crippen molar-refractivity contribution in [2.24, 2.45) is 0 Å². The Labute approximate surface area is 116 Å². The lowest BCUT2D eigenvalue weighted by Gasteiger charge is -2.20. The Kier molecular flexibility index (Phi) is 4.79. The van der Waals surface area contributed by atoms with Gasteiger partial charge in [0.05, 0.1) is 7.11 Å². The number of carbonyl (C=O) groups is 2. The molecule has 1 heterocycles. The van der Waals surface area contributed by atoms with Gasteiger partial charge in [0, 0.05) is 13.2 Å². The summed E-state index contributed by atoms with van der Waals surface area (Å²) in [5, 5.41) is 8.83. The SMILES string of the molecule is COC(=O)c1ccc(S(=O)(=O)N(C)C(C)C(=O)O)cn1. The number of pyridine rings is 1. The highest BCUT2D eigenvalue weighted by Gasteiger charge is 2.29. The molecule has 0 spiro atoms. The maximum atomic E-state index is 12.1. The van der Waals surface area contributed by atoms with Crippen LogP contribution < -0.4 is 0 Å². The smallest absolute Gasteiger partial charge is 0.356 e. The van der Waals surface area contributed by atoms with Crippen molar-refractivity contribution in [3.8, 4) is 0 Å². The van der Waals surface area contributed by atoms with E-state index in [9.17, 15) is 18.0 Å². The first-order chi connectivity index (χ1) is 9.21. The minimum Gasteiger partial charge on any atom is -0.480 e. The molecule has 1 aromatic rings. The zero-order valence-corrected chi connectivity index (χ0v) is 11.9. The van der Waals surface area contributed by atoms with Crippen LogP contribution in [0.1, 0.15) is 17.4 Å². The fraction of sp³-hybridized carbons (Fsp3) is 0.364. The molecule has 20 heavy (non-hydrogen) atoms. The van der Waals surface area contributed by atoms with Crippen LogP contribution in [0.5, 0.6) is 0 Å². The molecule has 8 nitrogen and oxygen atoms in total. The standard InChI is InChI=1S/C11H14N2O6S/c1-7(10(14)15)13(2)20(17,18)8-4-5-9(12-6-8)11(16)19-3/h4-7H,1-3H3,(H,14,15). The van der Waals surface area contributed by atoms with Gasteiger partial charge in [-0.2, -0.15) is 4.31 Å². The predicted molar refractivity (Wildman–Crippen MR) is 67.6 cm³/mol. The fourth-order valence-corrected chi connectivity index (χ4v) is 2.55. The van der Waals surface area contributed by atoms with Crippen molar-refractivity contribution in [2.45, 2.75) is 17.9 Å². The summed E-state index contributed by atoms with van der Waals surface area (Å²) in [6.07, 6.45) is 0.979. The molecule has 0 bridgehead atoms. The van der Waals surface area contributed by atoms with Crippen molar-refractivity contribution >= 4 is 22.0 Å². The molecule has 0 aromatic carbocycles. The van der Waals surface area contributed by atoms with Gasteiger partial charge in [0.1, 0.15) is 16.6 Å². The molecule has 0 aliphatic rings. The molecule has 0 saturated carbocycles. The monoisotopic (exact) mass is 302 g/mol. The zero-order chi connectivity index (χ0) is 15.5. The van der Waals surface area contributed by atoms with Gasteiger partial charge < -0.3 is 9.84 Å². The van der Waals surface area contributed by atoms with E-state index in [0.29, 0.717) is 4.31 Å². The highest BCUT2D eigenvalue weighted by atomic mass is 32.2. The fourth-order valence-electron chi connectivity index (χ4n) is 1.29. The molecule has 9 heteroatoms. The van der Waals surface area contributed by atoms with Crippen molar-refractivity contribution in [2.75, 3.05) is 14.2 Å². The lowest BCUT2D eigenvalue weighted by Crippen LogP contribution is -2.40. The molecule has 0 amide bonds. The van der Waals surface area contributed by atoms with Crippen LogP contribution in [0.3, 0.4) is 0 Å². The van der Waals surface area contributed by atoms with Gasteiger partial charge in [-0.25, -0.2) is 18.2 Å². The quantitative estimate of drug-likeness (QED) is 0.759. The van der Waals surface area contributed by atoms with Crippen LogP contribution in [0.25, 0.3) is 0 Å². The van der Waals surface area contributed by atoms with E-state index in [1.54, 1.807) is 0 Å². The van der Waals surface area contributed by atoms with Crippen LogP contribution >= 0.6 is 0 Å². The third-order valence-corrected chi connectivity index (χ3v) is 4.62. The number of rotatable bonds is 5. The summed E-state index contributed by atoms with van der Waals surface area (Å²) in [6.45, 7) is 1.25. The van der Waals surface area contributed by atoms with Gasteiger partial charge in [-0.05, 0) is 19.1 Å². The highest BCUT2D eigenvalue weighted by molar-refractivity contribution is 7.89. The van der Waals surface area contributed by atoms with Crippen molar-refractivity contribution < 1.29 is 27.9 Å². The van der Waals surface area contributed by atoms with Crippen molar-refractivity contribution in [1.29, 1.82) is 0 Å².